The maximum Gasteiger partial charge on any atom is 0.333 e. The molecule has 1 fully saturated rings. The van der Waals surface area contributed by atoms with E-state index in [1.54, 1.807) is 6.92 Å². The van der Waals surface area contributed by atoms with Gasteiger partial charge in [-0.15, -0.1) is 0 Å². The van der Waals surface area contributed by atoms with E-state index in [1.807, 2.05) is 0 Å². The highest BCUT2D eigenvalue weighted by Gasteiger charge is 2.24. The summed E-state index contributed by atoms with van der Waals surface area (Å²) < 4.78 is 5.16. The lowest BCUT2D eigenvalue weighted by molar-refractivity contribution is -0.140. The first-order valence-corrected chi connectivity index (χ1v) is 11.8. The monoisotopic (exact) mass is 422 g/mol. The van der Waals surface area contributed by atoms with Crippen LogP contribution in [0.25, 0.3) is 0 Å². The van der Waals surface area contributed by atoms with Crippen molar-refractivity contribution >= 4 is 12.2 Å². The third-order valence-corrected chi connectivity index (χ3v) is 5.86. The minimum absolute atomic E-state index is 0.0750. The Morgan fingerprint density at radius 3 is 2.30 bits per heavy atom. The Bertz CT molecular complexity index is 509. The molecule has 4 N–H and O–H groups in total. The van der Waals surface area contributed by atoms with E-state index >= 15 is 0 Å². The van der Waals surface area contributed by atoms with Gasteiger partial charge in [-0.2, -0.15) is 0 Å². The van der Waals surface area contributed by atoms with Crippen LogP contribution in [0.2, 0.25) is 0 Å². The lowest BCUT2D eigenvalue weighted by Gasteiger charge is -2.30. The molecule has 1 rings (SSSR count). The van der Waals surface area contributed by atoms with Crippen molar-refractivity contribution in [1.29, 1.82) is 5.41 Å². The van der Waals surface area contributed by atoms with Crippen LogP contribution in [0.15, 0.2) is 23.9 Å². The molecule has 0 aliphatic heterocycles. The van der Waals surface area contributed by atoms with Gasteiger partial charge in [-0.1, -0.05) is 71.8 Å². The Labute approximate surface area is 184 Å². The van der Waals surface area contributed by atoms with E-state index < -0.39 is 0 Å². The van der Waals surface area contributed by atoms with Crippen molar-refractivity contribution in [3.8, 4) is 0 Å². The fourth-order valence-corrected chi connectivity index (χ4v) is 3.93. The molecule has 30 heavy (non-hydrogen) atoms. The van der Waals surface area contributed by atoms with Crippen molar-refractivity contribution in [2.24, 2.45) is 23.5 Å². The molecular weight excluding hydrogens is 376 g/mol. The number of rotatable bonds is 13. The summed E-state index contributed by atoms with van der Waals surface area (Å²) in [6.07, 6.45) is 16.2. The number of esters is 1. The molecule has 1 atom stereocenters. The molecule has 0 aromatic heterocycles. The smallest absolute Gasteiger partial charge is 0.333 e. The van der Waals surface area contributed by atoms with Gasteiger partial charge in [0, 0.05) is 24.3 Å². The topological polar surface area (TPSA) is 96.4 Å². The van der Waals surface area contributed by atoms with E-state index in [0.29, 0.717) is 18.1 Å². The third-order valence-electron chi connectivity index (χ3n) is 5.86. The van der Waals surface area contributed by atoms with E-state index in [9.17, 15) is 9.90 Å². The molecule has 0 heterocycles. The molecule has 0 spiro atoms. The minimum atomic E-state index is -0.352. The van der Waals surface area contributed by atoms with E-state index in [1.165, 1.54) is 63.8 Å². The Balaban J connectivity index is 0.000000710. The van der Waals surface area contributed by atoms with Gasteiger partial charge in [0.25, 0.3) is 0 Å². The zero-order valence-electron chi connectivity index (χ0n) is 19.6. The zero-order chi connectivity index (χ0) is 22.8. The molecule has 0 amide bonds. The van der Waals surface area contributed by atoms with Gasteiger partial charge in [0.05, 0.1) is 6.61 Å². The quantitative estimate of drug-likeness (QED) is 0.152. The lowest BCUT2D eigenvalue weighted by atomic mass is 9.77. The number of allylic oxidation sites excluding steroid dienone is 1. The van der Waals surface area contributed by atoms with Crippen LogP contribution < -0.4 is 5.73 Å². The van der Waals surface area contributed by atoms with Crippen molar-refractivity contribution in [3.63, 3.8) is 0 Å². The number of aliphatic hydroxyl groups is 1. The lowest BCUT2D eigenvalue weighted by Crippen LogP contribution is -2.23. The maximum absolute atomic E-state index is 11.4. The Hall–Kier alpha value is -1.62. The molecule has 1 saturated carbocycles. The van der Waals surface area contributed by atoms with Crippen molar-refractivity contribution in [2.45, 2.75) is 91.4 Å². The second-order valence-electron chi connectivity index (χ2n) is 8.68. The van der Waals surface area contributed by atoms with Gasteiger partial charge >= 0.3 is 5.97 Å². The Kier molecular flexibility index (Phi) is 17.2. The molecule has 5 heteroatoms. The number of carbonyl (C=O) groups excluding carboxylic acids is 1. The van der Waals surface area contributed by atoms with Crippen LogP contribution in [0.1, 0.15) is 91.4 Å². The Morgan fingerprint density at radius 2 is 1.83 bits per heavy atom. The highest BCUT2D eigenvalue weighted by atomic mass is 16.5. The second-order valence-corrected chi connectivity index (χ2v) is 8.68. The number of carbonyl (C=O) groups is 1. The summed E-state index contributed by atoms with van der Waals surface area (Å²) in [5, 5.41) is 16.4. The number of hydrogen-bond acceptors (Lipinski definition) is 5. The number of ether oxygens (including phenoxy) is 1. The number of nitrogens with one attached hydrogen (secondary N) is 1. The molecule has 1 aliphatic rings. The molecule has 0 aromatic carbocycles. The summed E-state index contributed by atoms with van der Waals surface area (Å²) in [6, 6.07) is 0. The van der Waals surface area contributed by atoms with Crippen molar-refractivity contribution in [3.05, 3.63) is 23.9 Å². The van der Waals surface area contributed by atoms with Gasteiger partial charge in [0.2, 0.25) is 0 Å². The van der Waals surface area contributed by atoms with Crippen LogP contribution in [0, 0.1) is 23.2 Å². The minimum Gasteiger partial charge on any atom is -0.462 e. The number of unbranched alkanes of at least 4 members (excludes halogenated alkanes) is 2. The van der Waals surface area contributed by atoms with Crippen molar-refractivity contribution < 1.29 is 14.6 Å². The van der Waals surface area contributed by atoms with Gasteiger partial charge in [-0.25, -0.2) is 4.79 Å². The average Bonchev–Trinajstić information content (AvgIpc) is 2.75. The Morgan fingerprint density at radius 1 is 1.20 bits per heavy atom. The molecule has 1 unspecified atom stereocenters. The van der Waals surface area contributed by atoms with Gasteiger partial charge in [-0.3, -0.25) is 0 Å². The van der Waals surface area contributed by atoms with Crippen LogP contribution >= 0.6 is 0 Å². The van der Waals surface area contributed by atoms with E-state index in [4.69, 9.17) is 15.9 Å². The summed E-state index contributed by atoms with van der Waals surface area (Å²) in [7, 11) is 0. The molecule has 0 bridgehead atoms. The summed E-state index contributed by atoms with van der Waals surface area (Å²) in [5.74, 6) is 1.31. The zero-order valence-corrected chi connectivity index (χ0v) is 19.6. The van der Waals surface area contributed by atoms with E-state index in [0.717, 1.165) is 30.8 Å². The number of hydrogen-bond donors (Lipinski definition) is 3. The standard InChI is InChI=1S/C17H30O3.C8H16N2/c1-4-5-14-6-8-15(9-7-14)10-16(11-18)12-20-17(19)13(2)3;1-2-3-4-5-8(6-9)7-10/h14-16,18H,2,4-12H2,1,3H3;6-7,9H,2-5,10H2,1H3/b;8-7-,9-6?. The highest BCUT2D eigenvalue weighted by molar-refractivity contribution is 5.86. The fourth-order valence-electron chi connectivity index (χ4n) is 3.93. The molecule has 0 aromatic rings. The normalized spacial score (nSPS) is 19.9. The van der Waals surface area contributed by atoms with Crippen molar-refractivity contribution in [2.75, 3.05) is 13.2 Å². The molecule has 5 nitrogen and oxygen atoms in total. The first kappa shape index (κ1) is 28.4. The fraction of sp³-hybridized carbons (Fsp3) is 0.760. The maximum atomic E-state index is 11.4. The summed E-state index contributed by atoms with van der Waals surface area (Å²) >= 11 is 0. The van der Waals surface area contributed by atoms with Gasteiger partial charge in [0.15, 0.2) is 0 Å². The van der Waals surface area contributed by atoms with Crippen molar-refractivity contribution in [1.82, 2.24) is 0 Å². The number of aliphatic hydroxyl groups excluding tert-OH is 1. The van der Waals surface area contributed by atoms with E-state index in [-0.39, 0.29) is 18.5 Å². The third kappa shape index (κ3) is 13.6. The summed E-state index contributed by atoms with van der Waals surface area (Å²) in [6.45, 7) is 10.0. The highest BCUT2D eigenvalue weighted by Crippen LogP contribution is 2.34. The van der Waals surface area contributed by atoms with Crippen LogP contribution in [0.3, 0.4) is 0 Å². The molecule has 1 aliphatic carbocycles. The average molecular weight is 423 g/mol. The second kappa shape index (κ2) is 18.2. The van der Waals surface area contributed by atoms with Crippen LogP contribution in [-0.2, 0) is 9.53 Å². The first-order chi connectivity index (χ1) is 14.4. The van der Waals surface area contributed by atoms with E-state index in [2.05, 4.69) is 20.4 Å². The predicted octanol–water partition coefficient (Wildman–Crippen LogP) is 5.77. The van der Waals surface area contributed by atoms with Crippen LogP contribution in [0.4, 0.5) is 0 Å². The predicted molar refractivity (Wildman–Crippen MR) is 127 cm³/mol. The summed E-state index contributed by atoms with van der Waals surface area (Å²) in [4.78, 5) is 11.4. The molecular formula is C25H46N2O3. The van der Waals surface area contributed by atoms with Crippen LogP contribution in [0.5, 0.6) is 0 Å². The molecule has 0 radical (unpaired) electrons. The van der Waals surface area contributed by atoms with Gasteiger partial charge in [0.1, 0.15) is 0 Å². The first-order valence-electron chi connectivity index (χ1n) is 11.8. The van der Waals surface area contributed by atoms with Gasteiger partial charge in [-0.05, 0) is 49.8 Å². The van der Waals surface area contributed by atoms with Gasteiger partial charge < -0.3 is 21.0 Å². The largest absolute Gasteiger partial charge is 0.462 e. The molecule has 174 valence electrons. The summed E-state index contributed by atoms with van der Waals surface area (Å²) in [5.41, 5.74) is 6.61. The van der Waals surface area contributed by atoms with Crippen LogP contribution in [-0.4, -0.2) is 30.5 Å². The SMILES string of the molecule is C=C(C)C(=O)OCC(CO)CC1CCC(CCC)CC1.CCCCC/C(C=N)=C/N. The number of nitrogens with two attached hydrogens (primary N) is 1. The molecule has 0 saturated heterocycles.